The average Bonchev–Trinajstić information content (AvgIpc) is 2.34. The van der Waals surface area contributed by atoms with Crippen LogP contribution in [0.4, 0.5) is 4.79 Å². The predicted octanol–water partition coefficient (Wildman–Crippen LogP) is 0.766. The lowest BCUT2D eigenvalue weighted by Crippen LogP contribution is -2.20. The van der Waals surface area contributed by atoms with E-state index in [-0.39, 0.29) is 12.7 Å². The van der Waals surface area contributed by atoms with Gasteiger partial charge in [-0.3, -0.25) is 0 Å². The first-order valence-electron chi connectivity index (χ1n) is 5.78. The Morgan fingerprint density at radius 2 is 1.61 bits per heavy atom. The molecule has 0 aliphatic carbocycles. The lowest BCUT2D eigenvalue weighted by Gasteiger charge is -2.12. The summed E-state index contributed by atoms with van der Waals surface area (Å²) in [6.45, 7) is 4.72. The van der Waals surface area contributed by atoms with E-state index >= 15 is 0 Å². The Bertz CT molecular complexity index is 198. The molecule has 0 bridgehead atoms. The van der Waals surface area contributed by atoms with Gasteiger partial charge >= 0.3 is 6.16 Å². The van der Waals surface area contributed by atoms with E-state index in [1.165, 1.54) is 0 Å². The van der Waals surface area contributed by atoms with Crippen LogP contribution in [0, 0.1) is 0 Å². The van der Waals surface area contributed by atoms with Gasteiger partial charge in [0, 0.05) is 7.11 Å². The Labute approximate surface area is 107 Å². The molecule has 0 rings (SSSR count). The third-order valence-electron chi connectivity index (χ3n) is 1.88. The van der Waals surface area contributed by atoms with E-state index in [4.69, 9.17) is 24.1 Å². The molecule has 18 heavy (non-hydrogen) atoms. The van der Waals surface area contributed by atoms with Crippen LogP contribution in [-0.4, -0.2) is 70.7 Å². The van der Waals surface area contributed by atoms with E-state index in [1.54, 1.807) is 14.0 Å². The maximum Gasteiger partial charge on any atom is 0.505 e. The average molecular weight is 266 g/mol. The van der Waals surface area contributed by atoms with Crippen molar-refractivity contribution in [2.75, 3.05) is 53.4 Å². The van der Waals surface area contributed by atoms with Crippen LogP contribution in [0.15, 0.2) is 0 Å². The molecule has 1 N–H and O–H groups in total. The maximum absolute atomic E-state index is 10.1. The number of carbonyl (C=O) groups is 1. The molecule has 0 aromatic rings. The van der Waals surface area contributed by atoms with Gasteiger partial charge in [0.25, 0.3) is 0 Å². The van der Waals surface area contributed by atoms with Crippen LogP contribution in [0.3, 0.4) is 0 Å². The van der Waals surface area contributed by atoms with Crippen LogP contribution in [-0.2, 0) is 23.7 Å². The summed E-state index contributed by atoms with van der Waals surface area (Å²) in [5.41, 5.74) is 0. The Hall–Kier alpha value is -0.890. The van der Waals surface area contributed by atoms with Crippen LogP contribution in [0.1, 0.15) is 6.92 Å². The third kappa shape index (κ3) is 13.2. The molecular weight excluding hydrogens is 244 g/mol. The lowest BCUT2D eigenvalue weighted by atomic mass is 10.4. The molecule has 0 amide bonds. The number of hydrogen-bond donors (Lipinski definition) is 1. The number of methoxy groups -OCH3 is 1. The van der Waals surface area contributed by atoms with E-state index in [1.807, 2.05) is 0 Å². The van der Waals surface area contributed by atoms with Crippen molar-refractivity contribution in [3.05, 3.63) is 0 Å². The smallest absolute Gasteiger partial charge is 0.450 e. The van der Waals surface area contributed by atoms with E-state index < -0.39 is 6.16 Å². The van der Waals surface area contributed by atoms with Crippen molar-refractivity contribution in [3.63, 3.8) is 0 Å². The summed E-state index contributed by atoms with van der Waals surface area (Å²) in [5, 5.41) is 8.27. The molecule has 0 saturated carbocycles. The lowest BCUT2D eigenvalue weighted by molar-refractivity contribution is -0.0322. The highest BCUT2D eigenvalue weighted by atomic mass is 16.7. The quantitative estimate of drug-likeness (QED) is 0.412. The first-order chi connectivity index (χ1) is 8.66. The molecule has 0 spiro atoms. The molecule has 1 atom stereocenters. The van der Waals surface area contributed by atoms with Crippen molar-refractivity contribution < 1.29 is 33.6 Å². The zero-order chi connectivity index (χ0) is 13.6. The van der Waals surface area contributed by atoms with Crippen molar-refractivity contribution in [2.24, 2.45) is 0 Å². The Kier molecular flexibility index (Phi) is 11.9. The Balaban J connectivity index is 3.12. The minimum absolute atomic E-state index is 0.0233. The highest BCUT2D eigenvalue weighted by Gasteiger charge is 2.05. The van der Waals surface area contributed by atoms with Gasteiger partial charge in [0.2, 0.25) is 0 Å². The molecule has 0 radical (unpaired) electrons. The summed E-state index contributed by atoms with van der Waals surface area (Å²) < 4.78 is 24.9. The molecule has 0 aliphatic rings. The third-order valence-corrected chi connectivity index (χ3v) is 1.88. The SMILES string of the molecule is COCCOCCOCCOC(C)COC(=O)O. The van der Waals surface area contributed by atoms with E-state index in [0.717, 1.165) is 0 Å². The van der Waals surface area contributed by atoms with Gasteiger partial charge in [-0.25, -0.2) is 4.79 Å². The van der Waals surface area contributed by atoms with Crippen LogP contribution < -0.4 is 0 Å². The largest absolute Gasteiger partial charge is 0.505 e. The van der Waals surface area contributed by atoms with Crippen LogP contribution in [0.2, 0.25) is 0 Å². The van der Waals surface area contributed by atoms with E-state index in [0.29, 0.717) is 39.6 Å². The molecule has 108 valence electrons. The fourth-order valence-electron chi connectivity index (χ4n) is 1.01. The van der Waals surface area contributed by atoms with Crippen molar-refractivity contribution in [3.8, 4) is 0 Å². The van der Waals surface area contributed by atoms with Crippen LogP contribution in [0.25, 0.3) is 0 Å². The van der Waals surface area contributed by atoms with Crippen molar-refractivity contribution in [1.82, 2.24) is 0 Å². The second kappa shape index (κ2) is 12.6. The first kappa shape index (κ1) is 17.1. The number of rotatable bonds is 12. The van der Waals surface area contributed by atoms with Gasteiger partial charge in [0.1, 0.15) is 6.61 Å². The summed E-state index contributed by atoms with van der Waals surface area (Å²) >= 11 is 0. The highest BCUT2D eigenvalue weighted by molar-refractivity contribution is 5.56. The zero-order valence-corrected chi connectivity index (χ0v) is 10.9. The second-order valence-corrected chi connectivity index (χ2v) is 3.48. The molecule has 7 heteroatoms. The summed E-state index contributed by atoms with van der Waals surface area (Å²) in [4.78, 5) is 10.1. The molecule has 0 aliphatic heterocycles. The molecule has 0 saturated heterocycles. The molecule has 0 heterocycles. The summed E-state index contributed by atoms with van der Waals surface area (Å²) in [5.74, 6) is 0. The van der Waals surface area contributed by atoms with Gasteiger partial charge in [-0.2, -0.15) is 0 Å². The van der Waals surface area contributed by atoms with Gasteiger partial charge in [0.05, 0.1) is 45.7 Å². The maximum atomic E-state index is 10.1. The molecular formula is C11H22O7. The fourth-order valence-corrected chi connectivity index (χ4v) is 1.01. The van der Waals surface area contributed by atoms with Gasteiger partial charge in [-0.05, 0) is 6.92 Å². The summed E-state index contributed by atoms with van der Waals surface area (Å²) in [7, 11) is 1.62. The van der Waals surface area contributed by atoms with Gasteiger partial charge < -0.3 is 28.8 Å². The molecule has 0 fully saturated rings. The predicted molar refractivity (Wildman–Crippen MR) is 62.9 cm³/mol. The van der Waals surface area contributed by atoms with Crippen molar-refractivity contribution >= 4 is 6.16 Å². The van der Waals surface area contributed by atoms with Gasteiger partial charge in [-0.15, -0.1) is 0 Å². The Morgan fingerprint density at radius 1 is 1.06 bits per heavy atom. The Morgan fingerprint density at radius 3 is 2.17 bits per heavy atom. The van der Waals surface area contributed by atoms with E-state index in [2.05, 4.69) is 4.74 Å². The van der Waals surface area contributed by atoms with Crippen molar-refractivity contribution in [2.45, 2.75) is 13.0 Å². The highest BCUT2D eigenvalue weighted by Crippen LogP contribution is 1.92. The minimum Gasteiger partial charge on any atom is -0.450 e. The van der Waals surface area contributed by atoms with Gasteiger partial charge in [0.15, 0.2) is 0 Å². The molecule has 0 aromatic carbocycles. The molecule has 0 aromatic heterocycles. The zero-order valence-electron chi connectivity index (χ0n) is 10.9. The second-order valence-electron chi connectivity index (χ2n) is 3.48. The molecule has 7 nitrogen and oxygen atoms in total. The van der Waals surface area contributed by atoms with Crippen LogP contribution in [0.5, 0.6) is 0 Å². The van der Waals surface area contributed by atoms with Gasteiger partial charge in [-0.1, -0.05) is 0 Å². The first-order valence-corrected chi connectivity index (χ1v) is 5.78. The number of hydrogen-bond acceptors (Lipinski definition) is 6. The standard InChI is InChI=1S/C11H22O7/c1-10(9-18-11(12)13)17-8-7-16-6-5-15-4-3-14-2/h10H,3-9H2,1-2H3,(H,12,13). The summed E-state index contributed by atoms with van der Waals surface area (Å²) in [6, 6.07) is 0. The normalized spacial score (nSPS) is 12.3. The topological polar surface area (TPSA) is 83.5 Å². The number of carboxylic acid groups (broad SMARTS) is 1. The van der Waals surface area contributed by atoms with Crippen molar-refractivity contribution in [1.29, 1.82) is 0 Å². The van der Waals surface area contributed by atoms with Crippen LogP contribution >= 0.6 is 0 Å². The summed E-state index contributed by atoms with van der Waals surface area (Å²) in [6.07, 6.45) is -1.57. The monoisotopic (exact) mass is 266 g/mol. The minimum atomic E-state index is -1.30. The number of ether oxygens (including phenoxy) is 5. The fraction of sp³-hybridized carbons (Fsp3) is 0.909. The van der Waals surface area contributed by atoms with E-state index in [9.17, 15) is 4.79 Å². The molecule has 1 unspecified atom stereocenters.